The van der Waals surface area contributed by atoms with E-state index in [-0.39, 0.29) is 17.9 Å². The van der Waals surface area contributed by atoms with Crippen molar-refractivity contribution in [1.82, 2.24) is 0 Å². The van der Waals surface area contributed by atoms with Gasteiger partial charge in [-0.3, -0.25) is 0 Å². The van der Waals surface area contributed by atoms with E-state index in [0.717, 1.165) is 11.1 Å². The number of rotatable bonds is 11. The van der Waals surface area contributed by atoms with Gasteiger partial charge in [-0.05, 0) is 67.5 Å². The molecule has 0 aliphatic carbocycles. The first kappa shape index (κ1) is 26.4. The zero-order chi connectivity index (χ0) is 24.7. The van der Waals surface area contributed by atoms with Crippen LogP contribution in [0.2, 0.25) is 0 Å². The van der Waals surface area contributed by atoms with Crippen molar-refractivity contribution in [2.45, 2.75) is 75.0 Å². The lowest BCUT2D eigenvalue weighted by Gasteiger charge is -2.41. The summed E-state index contributed by atoms with van der Waals surface area (Å²) in [5.41, 5.74) is 1.91. The van der Waals surface area contributed by atoms with Gasteiger partial charge in [0.25, 0.3) is 0 Å². The monoisotopic (exact) mass is 478 g/mol. The van der Waals surface area contributed by atoms with Gasteiger partial charge in [-0.2, -0.15) is 0 Å². The second-order valence-electron chi connectivity index (χ2n) is 8.76. The maximum Gasteiger partial charge on any atom is 0.186 e. The number of aryl methyl sites for hydroxylation is 2. The fourth-order valence-corrected chi connectivity index (χ4v) is 4.02. The summed E-state index contributed by atoms with van der Waals surface area (Å²) in [4.78, 5) is 0. The van der Waals surface area contributed by atoms with Crippen LogP contribution in [0.1, 0.15) is 30.4 Å². The molecular formula is C25H34O9. The molecule has 7 atom stereocenters. The highest BCUT2D eigenvalue weighted by molar-refractivity contribution is 5.26. The Morgan fingerprint density at radius 2 is 1.29 bits per heavy atom. The Morgan fingerprint density at radius 3 is 1.82 bits per heavy atom. The number of ether oxygens (including phenoxy) is 2. The van der Waals surface area contributed by atoms with Crippen molar-refractivity contribution in [3.63, 3.8) is 0 Å². The zero-order valence-electron chi connectivity index (χ0n) is 18.8. The van der Waals surface area contributed by atoms with Crippen molar-refractivity contribution in [3.8, 4) is 11.5 Å². The van der Waals surface area contributed by atoms with Gasteiger partial charge >= 0.3 is 0 Å². The van der Waals surface area contributed by atoms with Crippen LogP contribution in [-0.2, 0) is 22.3 Å². The minimum absolute atomic E-state index is 0.155. The number of aromatic hydroxyl groups is 2. The van der Waals surface area contributed by atoms with Crippen molar-refractivity contribution < 1.29 is 45.2 Å². The van der Waals surface area contributed by atoms with E-state index in [4.69, 9.17) is 9.47 Å². The Hall–Kier alpha value is -2.24. The smallest absolute Gasteiger partial charge is 0.186 e. The lowest BCUT2D eigenvalue weighted by Crippen LogP contribution is -2.59. The normalized spacial score (nSPS) is 26.8. The van der Waals surface area contributed by atoms with Gasteiger partial charge in [0.15, 0.2) is 6.29 Å². The van der Waals surface area contributed by atoms with Crippen molar-refractivity contribution in [3.05, 3.63) is 59.7 Å². The molecule has 9 nitrogen and oxygen atoms in total. The molecule has 34 heavy (non-hydrogen) atoms. The zero-order valence-corrected chi connectivity index (χ0v) is 18.8. The number of phenolic OH excluding ortho intramolecular Hbond substituents is 2. The molecule has 3 rings (SSSR count). The topological polar surface area (TPSA) is 160 Å². The van der Waals surface area contributed by atoms with E-state index in [1.807, 2.05) is 0 Å². The molecule has 1 saturated heterocycles. The Morgan fingerprint density at radius 1 is 0.765 bits per heavy atom. The van der Waals surface area contributed by atoms with Gasteiger partial charge in [0.2, 0.25) is 0 Å². The van der Waals surface area contributed by atoms with E-state index in [9.17, 15) is 35.7 Å². The number of benzene rings is 2. The molecule has 2 aromatic rings. The predicted octanol–water partition coefficient (Wildman–Crippen LogP) is 0.599. The maximum absolute atomic E-state index is 10.7. The summed E-state index contributed by atoms with van der Waals surface area (Å²) >= 11 is 0. The molecule has 1 aliphatic heterocycles. The number of hydrogen-bond acceptors (Lipinski definition) is 9. The van der Waals surface area contributed by atoms with Crippen LogP contribution in [0.3, 0.4) is 0 Å². The molecule has 9 heteroatoms. The van der Waals surface area contributed by atoms with Crippen molar-refractivity contribution >= 4 is 0 Å². The third-order valence-electron chi connectivity index (χ3n) is 6.10. The average Bonchev–Trinajstić information content (AvgIpc) is 2.83. The first-order valence-corrected chi connectivity index (χ1v) is 11.5. The summed E-state index contributed by atoms with van der Waals surface area (Å²) in [5, 5.41) is 69.4. The molecule has 2 aromatic carbocycles. The maximum atomic E-state index is 10.7. The fraction of sp³-hybridized carbons (Fsp3) is 0.520. The molecule has 1 aliphatic rings. The lowest BCUT2D eigenvalue weighted by atomic mass is 9.97. The van der Waals surface area contributed by atoms with E-state index in [2.05, 4.69) is 0 Å². The van der Waals surface area contributed by atoms with Crippen LogP contribution >= 0.6 is 0 Å². The van der Waals surface area contributed by atoms with Crippen LogP contribution in [0.25, 0.3) is 0 Å². The average molecular weight is 479 g/mol. The molecule has 0 radical (unpaired) electrons. The van der Waals surface area contributed by atoms with Gasteiger partial charge in [0.05, 0.1) is 18.8 Å². The van der Waals surface area contributed by atoms with Crippen molar-refractivity contribution in [2.24, 2.45) is 0 Å². The van der Waals surface area contributed by atoms with Crippen LogP contribution in [0.4, 0.5) is 0 Å². The largest absolute Gasteiger partial charge is 0.508 e. The molecule has 0 saturated carbocycles. The molecule has 1 fully saturated rings. The molecule has 0 bridgehead atoms. The number of phenols is 2. The third kappa shape index (κ3) is 7.38. The quantitative estimate of drug-likeness (QED) is 0.245. The van der Waals surface area contributed by atoms with Crippen LogP contribution in [0.5, 0.6) is 11.5 Å². The molecule has 0 aromatic heterocycles. The highest BCUT2D eigenvalue weighted by Gasteiger charge is 2.44. The fourth-order valence-electron chi connectivity index (χ4n) is 4.02. The molecule has 1 heterocycles. The Balaban J connectivity index is 1.64. The summed E-state index contributed by atoms with van der Waals surface area (Å²) in [6.07, 6.45) is -5.94. The first-order chi connectivity index (χ1) is 16.3. The summed E-state index contributed by atoms with van der Waals surface area (Å²) in [6, 6.07) is 13.5. The Bertz CT molecular complexity index is 856. The standard InChI is InChI=1S/C25H34O9/c26-14-21-22(30)23(31)24(32)25(34-21)33-20(12-6-16-3-9-18(28)10-4-16)13-19(29)11-5-15-1-7-17(27)8-2-15/h1-4,7-10,19-32H,5-6,11-14H2/t19-,20-,21-,22-,23+,24-,25-/m1/s1. The van der Waals surface area contributed by atoms with Crippen LogP contribution in [-0.4, -0.2) is 85.3 Å². The summed E-state index contributed by atoms with van der Waals surface area (Å²) < 4.78 is 11.4. The minimum Gasteiger partial charge on any atom is -0.508 e. The predicted molar refractivity (Wildman–Crippen MR) is 122 cm³/mol. The molecule has 0 unspecified atom stereocenters. The Kier molecular flexibility index (Phi) is 9.66. The second-order valence-corrected chi connectivity index (χ2v) is 8.76. The summed E-state index contributed by atoms with van der Waals surface area (Å²) in [5.74, 6) is 0.328. The van der Waals surface area contributed by atoms with Gasteiger partial charge in [-0.15, -0.1) is 0 Å². The molecule has 7 N–H and O–H groups in total. The highest BCUT2D eigenvalue weighted by atomic mass is 16.7. The van der Waals surface area contributed by atoms with Gasteiger partial charge in [0.1, 0.15) is 35.9 Å². The van der Waals surface area contributed by atoms with E-state index >= 15 is 0 Å². The van der Waals surface area contributed by atoms with E-state index < -0.39 is 49.5 Å². The number of aliphatic hydroxyl groups excluding tert-OH is 5. The van der Waals surface area contributed by atoms with E-state index in [1.54, 1.807) is 48.5 Å². The van der Waals surface area contributed by atoms with Gasteiger partial charge in [-0.25, -0.2) is 0 Å². The van der Waals surface area contributed by atoms with Crippen molar-refractivity contribution in [1.29, 1.82) is 0 Å². The Labute approximate surface area is 198 Å². The summed E-state index contributed by atoms with van der Waals surface area (Å²) in [6.45, 7) is -0.557. The molecule has 0 amide bonds. The van der Waals surface area contributed by atoms with Crippen LogP contribution < -0.4 is 0 Å². The van der Waals surface area contributed by atoms with Crippen LogP contribution in [0, 0.1) is 0 Å². The van der Waals surface area contributed by atoms with Crippen LogP contribution in [0.15, 0.2) is 48.5 Å². The molecule has 0 spiro atoms. The SMILES string of the molecule is OC[C@H]1O[C@@H](O[C@H](CCc2ccc(O)cc2)C[C@H](O)CCc2ccc(O)cc2)[C@H](O)[C@@H](O)[C@@H]1O. The third-order valence-corrected chi connectivity index (χ3v) is 6.10. The number of hydrogen-bond donors (Lipinski definition) is 7. The van der Waals surface area contributed by atoms with Gasteiger partial charge in [0, 0.05) is 0 Å². The second kappa shape index (κ2) is 12.5. The first-order valence-electron chi connectivity index (χ1n) is 11.5. The number of aliphatic hydroxyl groups is 5. The molecular weight excluding hydrogens is 444 g/mol. The van der Waals surface area contributed by atoms with E-state index in [1.165, 1.54) is 0 Å². The van der Waals surface area contributed by atoms with Crippen molar-refractivity contribution in [2.75, 3.05) is 6.61 Å². The molecule has 188 valence electrons. The lowest BCUT2D eigenvalue weighted by molar-refractivity contribution is -0.313. The van der Waals surface area contributed by atoms with Gasteiger partial charge < -0.3 is 45.2 Å². The van der Waals surface area contributed by atoms with Gasteiger partial charge in [-0.1, -0.05) is 24.3 Å². The minimum atomic E-state index is -1.55. The summed E-state index contributed by atoms with van der Waals surface area (Å²) in [7, 11) is 0. The van der Waals surface area contributed by atoms with E-state index in [0.29, 0.717) is 25.7 Å². The highest BCUT2D eigenvalue weighted by Crippen LogP contribution is 2.26.